The lowest BCUT2D eigenvalue weighted by Gasteiger charge is -2.31. The van der Waals surface area contributed by atoms with Crippen LogP contribution < -0.4 is 0 Å². The van der Waals surface area contributed by atoms with Gasteiger partial charge in [0.2, 0.25) is 0 Å². The molecule has 1 aliphatic heterocycles. The van der Waals surface area contributed by atoms with Gasteiger partial charge in [-0.25, -0.2) is 9.97 Å². The van der Waals surface area contributed by atoms with Crippen molar-refractivity contribution in [3.63, 3.8) is 0 Å². The number of nitrogens with zero attached hydrogens (tertiary/aromatic N) is 3. The number of rotatable bonds is 0. The molecule has 0 bridgehead atoms. The van der Waals surface area contributed by atoms with Crippen LogP contribution in [-0.2, 0) is 23.9 Å². The van der Waals surface area contributed by atoms with Crippen molar-refractivity contribution in [3.05, 3.63) is 22.8 Å². The molecule has 0 atom stereocenters. The molecule has 1 aromatic heterocycles. The normalized spacial score (nSPS) is 17.2. The zero-order chi connectivity index (χ0) is 16.2. The van der Waals surface area contributed by atoms with Crippen LogP contribution in [0.5, 0.6) is 0 Å². The highest BCUT2D eigenvalue weighted by Gasteiger charge is 2.35. The summed E-state index contributed by atoms with van der Waals surface area (Å²) in [4.78, 5) is 12.4. The number of fused-ring (bicyclic) bond motifs is 1. The van der Waals surface area contributed by atoms with Gasteiger partial charge in [0, 0.05) is 35.0 Å². The van der Waals surface area contributed by atoms with Crippen LogP contribution in [-0.4, -0.2) is 20.4 Å². The number of hydrogen-bond acceptors (Lipinski definition) is 3. The lowest BCUT2D eigenvalue weighted by molar-refractivity contribution is 0.135. The van der Waals surface area contributed by atoms with Crippen LogP contribution in [0.3, 0.4) is 0 Å². The van der Waals surface area contributed by atoms with Crippen LogP contribution >= 0.6 is 0 Å². The molecule has 2 rings (SSSR count). The highest BCUT2D eigenvalue weighted by molar-refractivity contribution is 5.35. The zero-order valence-electron chi connectivity index (χ0n) is 15.3. The highest BCUT2D eigenvalue weighted by Crippen LogP contribution is 2.35. The Hall–Kier alpha value is -0.960. The van der Waals surface area contributed by atoms with Crippen LogP contribution in [0.2, 0.25) is 0 Å². The maximum Gasteiger partial charge on any atom is 0.134 e. The summed E-state index contributed by atoms with van der Waals surface area (Å²) in [7, 11) is 0. The van der Waals surface area contributed by atoms with Gasteiger partial charge in [-0.2, -0.15) is 0 Å². The van der Waals surface area contributed by atoms with Gasteiger partial charge in [-0.15, -0.1) is 0 Å². The second-order valence-electron chi connectivity index (χ2n) is 9.35. The van der Waals surface area contributed by atoms with Gasteiger partial charge in [0.15, 0.2) is 0 Å². The molecule has 0 radical (unpaired) electrons. The van der Waals surface area contributed by atoms with Crippen LogP contribution in [0, 0.1) is 0 Å². The minimum atomic E-state index is -0.00974. The average molecular weight is 289 g/mol. The second kappa shape index (κ2) is 4.77. The van der Waals surface area contributed by atoms with Crippen LogP contribution in [0.15, 0.2) is 0 Å². The zero-order valence-corrected chi connectivity index (χ0v) is 15.3. The summed E-state index contributed by atoms with van der Waals surface area (Å²) in [5, 5.41) is 0. The van der Waals surface area contributed by atoms with E-state index in [1.807, 2.05) is 0 Å². The average Bonchev–Trinajstić information content (AvgIpc) is 2.67. The molecule has 0 saturated heterocycles. The molecule has 0 saturated carbocycles. The van der Waals surface area contributed by atoms with Crippen molar-refractivity contribution in [2.45, 2.75) is 91.8 Å². The van der Waals surface area contributed by atoms with E-state index in [0.29, 0.717) is 0 Å². The second-order valence-corrected chi connectivity index (χ2v) is 9.35. The summed E-state index contributed by atoms with van der Waals surface area (Å²) in [6.07, 6.45) is 0. The van der Waals surface area contributed by atoms with Gasteiger partial charge in [0.1, 0.15) is 5.82 Å². The maximum atomic E-state index is 4.97. The summed E-state index contributed by atoms with van der Waals surface area (Å²) in [5.41, 5.74) is 4.02. The van der Waals surface area contributed by atoms with E-state index in [2.05, 4.69) is 67.2 Å². The highest BCUT2D eigenvalue weighted by atomic mass is 15.2. The predicted octanol–water partition coefficient (Wildman–Crippen LogP) is 4.19. The molecule has 3 heteroatoms. The van der Waals surface area contributed by atoms with Crippen molar-refractivity contribution in [1.29, 1.82) is 0 Å². The van der Waals surface area contributed by atoms with E-state index < -0.39 is 0 Å². The van der Waals surface area contributed by atoms with E-state index in [1.165, 1.54) is 17.0 Å². The van der Waals surface area contributed by atoms with Crippen molar-refractivity contribution >= 4 is 0 Å². The summed E-state index contributed by atoms with van der Waals surface area (Å²) in [6, 6.07) is 0. The Labute approximate surface area is 130 Å². The molecule has 1 aliphatic rings. The van der Waals surface area contributed by atoms with E-state index in [9.17, 15) is 0 Å². The third-order valence-corrected chi connectivity index (χ3v) is 4.11. The third-order valence-electron chi connectivity index (χ3n) is 4.11. The van der Waals surface area contributed by atoms with E-state index in [-0.39, 0.29) is 16.4 Å². The fraction of sp³-hybridized carbons (Fsp3) is 0.778. The summed E-state index contributed by atoms with van der Waals surface area (Å²) >= 11 is 0. The predicted molar refractivity (Wildman–Crippen MR) is 88.4 cm³/mol. The first kappa shape index (κ1) is 16.4. The molecular formula is C18H31N3. The molecule has 0 spiro atoms. The molecule has 1 aromatic rings. The first-order valence-corrected chi connectivity index (χ1v) is 7.96. The standard InChI is InChI=1S/C18H31N3/c1-16(2,3)14-12-10-21(18(7,8)9)11-13(12)19-15(20-14)17(4,5)6/h10-11H2,1-9H3. The van der Waals surface area contributed by atoms with Gasteiger partial charge in [-0.1, -0.05) is 41.5 Å². The summed E-state index contributed by atoms with van der Waals surface area (Å²) in [5.74, 6) is 0.974. The van der Waals surface area contributed by atoms with E-state index in [1.54, 1.807) is 0 Å². The molecular weight excluding hydrogens is 258 g/mol. The SMILES string of the molecule is CC(C)(C)c1nc2c(c(C(C)(C)C)n1)CN(C(C)(C)C)C2. The minimum Gasteiger partial charge on any atom is -0.288 e. The smallest absolute Gasteiger partial charge is 0.134 e. The van der Waals surface area contributed by atoms with Gasteiger partial charge >= 0.3 is 0 Å². The van der Waals surface area contributed by atoms with Gasteiger partial charge in [0.25, 0.3) is 0 Å². The molecule has 0 aromatic carbocycles. The lowest BCUT2D eigenvalue weighted by atomic mass is 9.87. The van der Waals surface area contributed by atoms with Gasteiger partial charge in [0.05, 0.1) is 11.4 Å². The Morgan fingerprint density at radius 3 is 1.76 bits per heavy atom. The third kappa shape index (κ3) is 3.28. The Morgan fingerprint density at radius 1 is 0.762 bits per heavy atom. The topological polar surface area (TPSA) is 29.0 Å². The first-order valence-electron chi connectivity index (χ1n) is 7.96. The van der Waals surface area contributed by atoms with E-state index in [0.717, 1.165) is 18.9 Å². The monoisotopic (exact) mass is 289 g/mol. The van der Waals surface area contributed by atoms with E-state index in [4.69, 9.17) is 9.97 Å². The van der Waals surface area contributed by atoms with Crippen molar-refractivity contribution in [2.24, 2.45) is 0 Å². The van der Waals surface area contributed by atoms with Crippen molar-refractivity contribution < 1.29 is 0 Å². The van der Waals surface area contributed by atoms with Crippen molar-refractivity contribution in [3.8, 4) is 0 Å². The molecule has 0 N–H and O–H groups in total. The quantitative estimate of drug-likeness (QED) is 0.717. The van der Waals surface area contributed by atoms with Crippen LogP contribution in [0.25, 0.3) is 0 Å². The Kier molecular flexibility index (Phi) is 3.73. The molecule has 0 unspecified atom stereocenters. The van der Waals surface area contributed by atoms with E-state index >= 15 is 0 Å². The molecule has 3 nitrogen and oxygen atoms in total. The minimum absolute atomic E-state index is 0.00974. The van der Waals surface area contributed by atoms with Crippen molar-refractivity contribution in [1.82, 2.24) is 14.9 Å². The maximum absolute atomic E-state index is 4.97. The first-order chi connectivity index (χ1) is 9.30. The Morgan fingerprint density at radius 2 is 1.33 bits per heavy atom. The Balaban J connectivity index is 2.57. The molecule has 118 valence electrons. The summed E-state index contributed by atoms with van der Waals surface area (Å²) < 4.78 is 0. The number of aromatic nitrogens is 2. The van der Waals surface area contributed by atoms with Crippen molar-refractivity contribution in [2.75, 3.05) is 0 Å². The van der Waals surface area contributed by atoms with Gasteiger partial charge in [-0.3, -0.25) is 4.90 Å². The van der Waals surface area contributed by atoms with Crippen LogP contribution in [0.1, 0.15) is 85.1 Å². The van der Waals surface area contributed by atoms with Gasteiger partial charge < -0.3 is 0 Å². The molecule has 2 heterocycles. The molecule has 0 aliphatic carbocycles. The molecule has 0 amide bonds. The largest absolute Gasteiger partial charge is 0.288 e. The van der Waals surface area contributed by atoms with Gasteiger partial charge in [-0.05, 0) is 20.8 Å². The lowest BCUT2D eigenvalue weighted by Crippen LogP contribution is -2.37. The molecule has 21 heavy (non-hydrogen) atoms. The summed E-state index contributed by atoms with van der Waals surface area (Å²) in [6.45, 7) is 22.1. The number of hydrogen-bond donors (Lipinski definition) is 0. The fourth-order valence-corrected chi connectivity index (χ4v) is 2.68. The fourth-order valence-electron chi connectivity index (χ4n) is 2.68. The Bertz CT molecular complexity index is 539. The molecule has 0 fully saturated rings. The van der Waals surface area contributed by atoms with Crippen LogP contribution in [0.4, 0.5) is 0 Å².